The standard InChI is InChI=1S/C12H23NO/c1-10(2)9-4-5-11(3,8-9)12(10,14)6-7-13/h9,14H,4-8,13H2,1-3H3/t9?,11-,12+/m1/s1. The zero-order chi connectivity index (χ0) is 10.6. The molecule has 0 aromatic heterocycles. The summed E-state index contributed by atoms with van der Waals surface area (Å²) >= 11 is 0. The zero-order valence-electron chi connectivity index (χ0n) is 9.64. The number of rotatable bonds is 2. The molecule has 0 spiro atoms. The molecule has 0 heterocycles. The summed E-state index contributed by atoms with van der Waals surface area (Å²) in [6.07, 6.45) is 4.41. The van der Waals surface area contributed by atoms with Crippen LogP contribution in [-0.4, -0.2) is 17.3 Å². The SMILES string of the molecule is CC1(C)C2CC[C@](C)(C2)[C@]1(O)CCN. The van der Waals surface area contributed by atoms with Gasteiger partial charge in [-0.25, -0.2) is 0 Å². The minimum Gasteiger partial charge on any atom is -0.389 e. The molecule has 3 N–H and O–H groups in total. The van der Waals surface area contributed by atoms with Crippen LogP contribution in [0.4, 0.5) is 0 Å². The predicted molar refractivity (Wildman–Crippen MR) is 57.9 cm³/mol. The van der Waals surface area contributed by atoms with Gasteiger partial charge in [-0.15, -0.1) is 0 Å². The molecule has 82 valence electrons. The first-order valence-electron chi connectivity index (χ1n) is 5.80. The van der Waals surface area contributed by atoms with Crippen molar-refractivity contribution in [2.24, 2.45) is 22.5 Å². The van der Waals surface area contributed by atoms with Crippen LogP contribution >= 0.6 is 0 Å². The van der Waals surface area contributed by atoms with Gasteiger partial charge in [0.05, 0.1) is 5.60 Å². The maximum atomic E-state index is 10.9. The number of hydrogen-bond donors (Lipinski definition) is 2. The molecule has 3 atom stereocenters. The molecule has 0 radical (unpaired) electrons. The Kier molecular flexibility index (Phi) is 2.04. The van der Waals surface area contributed by atoms with Crippen LogP contribution < -0.4 is 5.73 Å². The summed E-state index contributed by atoms with van der Waals surface area (Å²) in [5.41, 5.74) is 5.30. The Bertz CT molecular complexity index is 244. The molecule has 0 aromatic rings. The van der Waals surface area contributed by atoms with Gasteiger partial charge in [-0.3, -0.25) is 0 Å². The van der Waals surface area contributed by atoms with Crippen LogP contribution in [0.2, 0.25) is 0 Å². The minimum absolute atomic E-state index is 0.0549. The predicted octanol–water partition coefficient (Wildman–Crippen LogP) is 1.91. The quantitative estimate of drug-likeness (QED) is 0.710. The van der Waals surface area contributed by atoms with E-state index in [9.17, 15) is 5.11 Å². The van der Waals surface area contributed by atoms with E-state index in [4.69, 9.17) is 5.73 Å². The van der Waals surface area contributed by atoms with Crippen LogP contribution in [0, 0.1) is 16.7 Å². The first-order chi connectivity index (χ1) is 6.37. The topological polar surface area (TPSA) is 46.2 Å². The van der Waals surface area contributed by atoms with Crippen molar-refractivity contribution < 1.29 is 5.11 Å². The molecule has 0 aliphatic heterocycles. The summed E-state index contributed by atoms with van der Waals surface area (Å²) in [5.74, 6) is 0.698. The largest absolute Gasteiger partial charge is 0.389 e. The van der Waals surface area contributed by atoms with Gasteiger partial charge in [0, 0.05) is 0 Å². The van der Waals surface area contributed by atoms with Crippen LogP contribution in [0.1, 0.15) is 46.5 Å². The molecule has 0 saturated heterocycles. The van der Waals surface area contributed by atoms with Gasteiger partial charge in [-0.05, 0) is 49.0 Å². The van der Waals surface area contributed by atoms with Gasteiger partial charge in [0.2, 0.25) is 0 Å². The fourth-order valence-corrected chi connectivity index (χ4v) is 4.18. The van der Waals surface area contributed by atoms with E-state index in [1.165, 1.54) is 19.3 Å². The Balaban J connectivity index is 2.38. The van der Waals surface area contributed by atoms with E-state index in [2.05, 4.69) is 20.8 Å². The Hall–Kier alpha value is -0.0800. The molecule has 0 aromatic carbocycles. The molecule has 2 saturated carbocycles. The van der Waals surface area contributed by atoms with Crippen molar-refractivity contribution in [3.8, 4) is 0 Å². The van der Waals surface area contributed by atoms with Gasteiger partial charge in [0.1, 0.15) is 0 Å². The molecule has 2 rings (SSSR count). The number of aliphatic hydroxyl groups is 1. The second kappa shape index (κ2) is 2.73. The average molecular weight is 197 g/mol. The Morgan fingerprint density at radius 1 is 1.36 bits per heavy atom. The third-order valence-electron chi connectivity index (χ3n) is 5.33. The average Bonchev–Trinajstić information content (AvgIpc) is 2.53. The highest BCUT2D eigenvalue weighted by Gasteiger charge is 2.67. The van der Waals surface area contributed by atoms with Gasteiger partial charge in [0.15, 0.2) is 0 Å². The maximum absolute atomic E-state index is 10.9. The van der Waals surface area contributed by atoms with Gasteiger partial charge >= 0.3 is 0 Å². The summed E-state index contributed by atoms with van der Waals surface area (Å²) in [5, 5.41) is 10.9. The molecular formula is C12H23NO. The molecule has 2 heteroatoms. The summed E-state index contributed by atoms with van der Waals surface area (Å²) in [4.78, 5) is 0. The van der Waals surface area contributed by atoms with Crippen molar-refractivity contribution in [1.29, 1.82) is 0 Å². The highest BCUT2D eigenvalue weighted by molar-refractivity contribution is 5.17. The normalized spacial score (nSPS) is 49.9. The summed E-state index contributed by atoms with van der Waals surface area (Å²) < 4.78 is 0. The highest BCUT2D eigenvalue weighted by Crippen LogP contribution is 2.68. The molecule has 2 fully saturated rings. The second-order valence-electron chi connectivity index (χ2n) is 6.12. The van der Waals surface area contributed by atoms with Crippen molar-refractivity contribution in [2.75, 3.05) is 6.54 Å². The molecule has 1 unspecified atom stereocenters. The molecule has 2 aliphatic carbocycles. The number of hydrogen-bond acceptors (Lipinski definition) is 2. The lowest BCUT2D eigenvalue weighted by Gasteiger charge is -2.50. The maximum Gasteiger partial charge on any atom is 0.0766 e. The molecule has 2 aliphatic rings. The van der Waals surface area contributed by atoms with E-state index in [1.54, 1.807) is 0 Å². The van der Waals surface area contributed by atoms with Gasteiger partial charge < -0.3 is 10.8 Å². The van der Waals surface area contributed by atoms with Crippen molar-refractivity contribution in [1.82, 2.24) is 0 Å². The summed E-state index contributed by atoms with van der Waals surface area (Å²) in [6.45, 7) is 7.29. The van der Waals surface area contributed by atoms with Crippen LogP contribution in [0.3, 0.4) is 0 Å². The van der Waals surface area contributed by atoms with Crippen LogP contribution in [0.5, 0.6) is 0 Å². The lowest BCUT2D eigenvalue weighted by Crippen LogP contribution is -2.55. The zero-order valence-corrected chi connectivity index (χ0v) is 9.64. The third kappa shape index (κ3) is 0.938. The van der Waals surface area contributed by atoms with E-state index < -0.39 is 5.60 Å². The monoisotopic (exact) mass is 197 g/mol. The molecule has 0 amide bonds. The first-order valence-corrected chi connectivity index (χ1v) is 5.80. The summed E-state index contributed by atoms with van der Waals surface area (Å²) in [7, 11) is 0. The fraction of sp³-hybridized carbons (Fsp3) is 1.00. The van der Waals surface area contributed by atoms with Crippen LogP contribution in [0.25, 0.3) is 0 Å². The van der Waals surface area contributed by atoms with E-state index in [0.717, 1.165) is 6.42 Å². The Labute approximate surface area is 86.9 Å². The van der Waals surface area contributed by atoms with E-state index in [0.29, 0.717) is 12.5 Å². The molecule has 2 bridgehead atoms. The lowest BCUT2D eigenvalue weighted by atomic mass is 9.59. The number of nitrogens with two attached hydrogens (primary N) is 1. The molecule has 2 nitrogen and oxygen atoms in total. The van der Waals surface area contributed by atoms with Gasteiger partial charge in [-0.1, -0.05) is 20.8 Å². The Morgan fingerprint density at radius 2 is 2.00 bits per heavy atom. The van der Waals surface area contributed by atoms with Crippen molar-refractivity contribution in [2.45, 2.75) is 52.1 Å². The first kappa shape index (κ1) is 10.4. The van der Waals surface area contributed by atoms with E-state index in [1.807, 2.05) is 0 Å². The van der Waals surface area contributed by atoms with Crippen molar-refractivity contribution >= 4 is 0 Å². The van der Waals surface area contributed by atoms with Crippen LogP contribution in [0.15, 0.2) is 0 Å². The van der Waals surface area contributed by atoms with Crippen molar-refractivity contribution in [3.05, 3.63) is 0 Å². The van der Waals surface area contributed by atoms with E-state index >= 15 is 0 Å². The van der Waals surface area contributed by atoms with Gasteiger partial charge in [0.25, 0.3) is 0 Å². The van der Waals surface area contributed by atoms with E-state index in [-0.39, 0.29) is 10.8 Å². The van der Waals surface area contributed by atoms with Gasteiger partial charge in [-0.2, -0.15) is 0 Å². The summed E-state index contributed by atoms with van der Waals surface area (Å²) in [6, 6.07) is 0. The fourth-order valence-electron chi connectivity index (χ4n) is 4.18. The molecule has 14 heavy (non-hydrogen) atoms. The highest BCUT2D eigenvalue weighted by atomic mass is 16.3. The minimum atomic E-state index is -0.530. The Morgan fingerprint density at radius 3 is 2.43 bits per heavy atom. The second-order valence-corrected chi connectivity index (χ2v) is 6.12. The third-order valence-corrected chi connectivity index (χ3v) is 5.33. The number of fused-ring (bicyclic) bond motifs is 2. The molecular weight excluding hydrogens is 174 g/mol. The lowest BCUT2D eigenvalue weighted by molar-refractivity contribution is -0.145. The van der Waals surface area contributed by atoms with Crippen molar-refractivity contribution in [3.63, 3.8) is 0 Å². The smallest absolute Gasteiger partial charge is 0.0766 e. The van der Waals surface area contributed by atoms with Crippen LogP contribution in [-0.2, 0) is 0 Å².